The maximum atomic E-state index is 14.2. The summed E-state index contributed by atoms with van der Waals surface area (Å²) in [5.74, 6) is -1.65. The number of nitrogens with zero attached hydrogens (tertiary/aromatic N) is 1. The molecule has 3 rings (SSSR count). The molecule has 0 saturated carbocycles. The van der Waals surface area contributed by atoms with Crippen LogP contribution in [-0.2, 0) is 9.59 Å². The van der Waals surface area contributed by atoms with Crippen molar-refractivity contribution in [2.75, 3.05) is 12.0 Å². The van der Waals surface area contributed by atoms with Crippen LogP contribution in [0, 0.1) is 5.82 Å². The van der Waals surface area contributed by atoms with Crippen LogP contribution in [0.25, 0.3) is 6.08 Å². The Labute approximate surface area is 166 Å². The van der Waals surface area contributed by atoms with E-state index in [9.17, 15) is 18.8 Å². The quantitative estimate of drug-likeness (QED) is 0.617. The second kappa shape index (κ2) is 8.14. The summed E-state index contributed by atoms with van der Waals surface area (Å²) in [6.07, 6.45) is 1.13. The second-order valence-corrected chi connectivity index (χ2v) is 6.48. The van der Waals surface area contributed by atoms with Gasteiger partial charge in [-0.05, 0) is 44.2 Å². The van der Waals surface area contributed by atoms with Gasteiger partial charge in [-0.3, -0.25) is 14.9 Å². The number of barbiturate groups is 1. The van der Waals surface area contributed by atoms with Crippen molar-refractivity contribution in [2.24, 2.45) is 0 Å². The highest BCUT2D eigenvalue weighted by Gasteiger charge is 2.38. The van der Waals surface area contributed by atoms with Crippen molar-refractivity contribution in [1.29, 1.82) is 0 Å². The van der Waals surface area contributed by atoms with Crippen molar-refractivity contribution in [3.05, 3.63) is 59.4 Å². The van der Waals surface area contributed by atoms with Gasteiger partial charge in [0.05, 0.1) is 18.9 Å². The minimum atomic E-state index is -1.02. The number of hydrogen-bond acceptors (Lipinski definition) is 5. The zero-order chi connectivity index (χ0) is 21.1. The summed E-state index contributed by atoms with van der Waals surface area (Å²) in [6, 6.07) is 9.18. The van der Waals surface area contributed by atoms with Crippen molar-refractivity contribution in [3.63, 3.8) is 0 Å². The Hall–Kier alpha value is -3.68. The number of benzene rings is 2. The summed E-state index contributed by atoms with van der Waals surface area (Å²) >= 11 is 0. The summed E-state index contributed by atoms with van der Waals surface area (Å²) in [5.41, 5.74) is -0.144. The van der Waals surface area contributed by atoms with Crippen LogP contribution in [0.15, 0.2) is 48.0 Å². The second-order valence-electron chi connectivity index (χ2n) is 6.48. The van der Waals surface area contributed by atoms with Gasteiger partial charge in [0.1, 0.15) is 22.9 Å². The number of ether oxygens (including phenoxy) is 2. The molecule has 150 valence electrons. The molecule has 2 aromatic carbocycles. The van der Waals surface area contributed by atoms with Gasteiger partial charge in [0.15, 0.2) is 0 Å². The van der Waals surface area contributed by atoms with E-state index in [0.29, 0.717) is 22.0 Å². The summed E-state index contributed by atoms with van der Waals surface area (Å²) in [4.78, 5) is 38.0. The Kier molecular flexibility index (Phi) is 5.63. The number of carbonyl (C=O) groups is 3. The van der Waals surface area contributed by atoms with E-state index in [4.69, 9.17) is 9.47 Å². The van der Waals surface area contributed by atoms with E-state index < -0.39 is 23.7 Å². The van der Waals surface area contributed by atoms with Crippen LogP contribution in [0.4, 0.5) is 14.9 Å². The molecule has 1 aliphatic rings. The van der Waals surface area contributed by atoms with E-state index in [2.05, 4.69) is 5.32 Å². The number of hydrogen-bond donors (Lipinski definition) is 1. The fourth-order valence-corrected chi connectivity index (χ4v) is 2.78. The number of methoxy groups -OCH3 is 1. The van der Waals surface area contributed by atoms with Crippen LogP contribution >= 0.6 is 0 Å². The van der Waals surface area contributed by atoms with Gasteiger partial charge >= 0.3 is 6.03 Å². The number of rotatable bonds is 5. The SMILES string of the molecule is COc1ccc(/C=C2/C(=O)NC(=O)N(c3ccccc3F)C2=O)c(OC(C)C)c1. The van der Waals surface area contributed by atoms with Gasteiger partial charge in [0.2, 0.25) is 0 Å². The first-order valence-corrected chi connectivity index (χ1v) is 8.82. The van der Waals surface area contributed by atoms with Crippen molar-refractivity contribution in [2.45, 2.75) is 20.0 Å². The molecule has 0 atom stereocenters. The number of nitrogens with one attached hydrogen (secondary N) is 1. The Bertz CT molecular complexity index is 1020. The highest BCUT2D eigenvalue weighted by molar-refractivity contribution is 6.39. The Morgan fingerprint density at radius 2 is 1.83 bits per heavy atom. The van der Waals surface area contributed by atoms with Gasteiger partial charge in [0, 0.05) is 11.6 Å². The molecule has 29 heavy (non-hydrogen) atoms. The van der Waals surface area contributed by atoms with Gasteiger partial charge < -0.3 is 9.47 Å². The molecule has 0 aromatic heterocycles. The molecule has 7 nitrogen and oxygen atoms in total. The first-order valence-electron chi connectivity index (χ1n) is 8.82. The van der Waals surface area contributed by atoms with E-state index in [1.54, 1.807) is 18.2 Å². The van der Waals surface area contributed by atoms with Gasteiger partial charge in [-0.15, -0.1) is 0 Å². The summed E-state index contributed by atoms with van der Waals surface area (Å²) in [6.45, 7) is 3.65. The van der Waals surface area contributed by atoms with Gasteiger partial charge in [-0.1, -0.05) is 12.1 Å². The Morgan fingerprint density at radius 3 is 2.48 bits per heavy atom. The average Bonchev–Trinajstić information content (AvgIpc) is 2.67. The number of carbonyl (C=O) groups excluding carboxylic acids is 3. The van der Waals surface area contributed by atoms with Crippen LogP contribution in [0.5, 0.6) is 11.5 Å². The molecule has 1 fully saturated rings. The van der Waals surface area contributed by atoms with E-state index in [1.165, 1.54) is 31.4 Å². The van der Waals surface area contributed by atoms with E-state index in [-0.39, 0.29) is 17.4 Å². The predicted molar refractivity (Wildman–Crippen MR) is 104 cm³/mol. The van der Waals surface area contributed by atoms with Crippen molar-refractivity contribution >= 4 is 29.6 Å². The van der Waals surface area contributed by atoms with Gasteiger partial charge in [-0.2, -0.15) is 0 Å². The zero-order valence-corrected chi connectivity index (χ0v) is 16.1. The monoisotopic (exact) mass is 398 g/mol. The third kappa shape index (κ3) is 4.11. The van der Waals surface area contributed by atoms with Crippen molar-refractivity contribution < 1.29 is 28.2 Å². The molecule has 4 amide bonds. The smallest absolute Gasteiger partial charge is 0.336 e. The molecule has 1 N–H and O–H groups in total. The van der Waals surface area contributed by atoms with E-state index >= 15 is 0 Å². The first-order chi connectivity index (χ1) is 13.8. The third-order valence-corrected chi connectivity index (χ3v) is 4.08. The number of anilines is 1. The normalized spacial score (nSPS) is 15.7. The maximum Gasteiger partial charge on any atom is 0.336 e. The number of imide groups is 2. The molecule has 0 aliphatic carbocycles. The van der Waals surface area contributed by atoms with Crippen LogP contribution in [0.3, 0.4) is 0 Å². The number of halogens is 1. The van der Waals surface area contributed by atoms with Crippen LogP contribution in [-0.4, -0.2) is 31.1 Å². The molecular formula is C21H19FN2O5. The van der Waals surface area contributed by atoms with Crippen molar-refractivity contribution in [1.82, 2.24) is 5.32 Å². The van der Waals surface area contributed by atoms with E-state index in [1.807, 2.05) is 13.8 Å². The van der Waals surface area contributed by atoms with Gasteiger partial charge in [0.25, 0.3) is 11.8 Å². The molecule has 1 heterocycles. The largest absolute Gasteiger partial charge is 0.497 e. The van der Waals surface area contributed by atoms with Crippen LogP contribution in [0.2, 0.25) is 0 Å². The van der Waals surface area contributed by atoms with Crippen molar-refractivity contribution in [3.8, 4) is 11.5 Å². The molecule has 1 saturated heterocycles. The molecule has 0 unspecified atom stereocenters. The lowest BCUT2D eigenvalue weighted by Crippen LogP contribution is -2.54. The number of para-hydroxylation sites is 1. The highest BCUT2D eigenvalue weighted by Crippen LogP contribution is 2.30. The minimum Gasteiger partial charge on any atom is -0.497 e. The van der Waals surface area contributed by atoms with Gasteiger partial charge in [-0.25, -0.2) is 14.1 Å². The molecular weight excluding hydrogens is 379 g/mol. The molecule has 2 aromatic rings. The number of amides is 4. The molecule has 0 bridgehead atoms. The maximum absolute atomic E-state index is 14.2. The fraction of sp³-hybridized carbons (Fsp3) is 0.190. The minimum absolute atomic E-state index is 0.174. The lowest BCUT2D eigenvalue weighted by molar-refractivity contribution is -0.122. The summed E-state index contributed by atoms with van der Waals surface area (Å²) < 4.78 is 25.1. The summed E-state index contributed by atoms with van der Waals surface area (Å²) in [7, 11) is 1.50. The fourth-order valence-electron chi connectivity index (χ4n) is 2.78. The lowest BCUT2D eigenvalue weighted by Gasteiger charge is -2.26. The number of urea groups is 1. The summed E-state index contributed by atoms with van der Waals surface area (Å²) in [5, 5.41) is 2.07. The molecule has 1 aliphatic heterocycles. The predicted octanol–water partition coefficient (Wildman–Crippen LogP) is 3.29. The van der Waals surface area contributed by atoms with Crippen LogP contribution in [0.1, 0.15) is 19.4 Å². The molecule has 0 spiro atoms. The highest BCUT2D eigenvalue weighted by atomic mass is 19.1. The van der Waals surface area contributed by atoms with E-state index in [0.717, 1.165) is 6.07 Å². The topological polar surface area (TPSA) is 84.9 Å². The molecule has 0 radical (unpaired) electrons. The van der Waals surface area contributed by atoms with Crippen LogP contribution < -0.4 is 19.7 Å². The Balaban J connectivity index is 2.06. The third-order valence-electron chi connectivity index (χ3n) is 4.08. The standard InChI is InChI=1S/C21H19FN2O5/c1-12(2)29-18-11-14(28-3)9-8-13(18)10-15-19(25)23-21(27)24(20(15)26)17-7-5-4-6-16(17)22/h4-12H,1-3H3,(H,23,25,27)/b15-10-. The average molecular weight is 398 g/mol. The Morgan fingerprint density at radius 1 is 1.10 bits per heavy atom. The first kappa shape index (κ1) is 20.1. The zero-order valence-electron chi connectivity index (χ0n) is 16.1. The lowest BCUT2D eigenvalue weighted by atomic mass is 10.1. The molecule has 8 heteroatoms.